The van der Waals surface area contributed by atoms with Crippen LogP contribution < -0.4 is 9.47 Å². The molecular formula is C20H25N3O2. The van der Waals surface area contributed by atoms with E-state index in [0.717, 1.165) is 40.6 Å². The molecular weight excluding hydrogens is 314 g/mol. The number of ether oxygens (including phenoxy) is 2. The highest BCUT2D eigenvalue weighted by Crippen LogP contribution is 2.44. The number of hydrogen-bond acceptors (Lipinski definition) is 4. The lowest BCUT2D eigenvalue weighted by molar-refractivity contribution is 0.349. The Morgan fingerprint density at radius 1 is 1.04 bits per heavy atom. The third-order valence-corrected chi connectivity index (χ3v) is 5.59. The van der Waals surface area contributed by atoms with Crippen LogP contribution in [0.1, 0.15) is 54.1 Å². The number of nitrogens with zero attached hydrogens (tertiary/aromatic N) is 3. The van der Waals surface area contributed by atoms with E-state index in [1.807, 2.05) is 11.7 Å². The lowest BCUT2D eigenvalue weighted by Crippen LogP contribution is -2.29. The second kappa shape index (κ2) is 6.21. The summed E-state index contributed by atoms with van der Waals surface area (Å²) in [6.07, 6.45) is 4.85. The zero-order valence-corrected chi connectivity index (χ0v) is 15.4. The number of fused-ring (bicyclic) bond motifs is 3. The summed E-state index contributed by atoms with van der Waals surface area (Å²) in [5.41, 5.74) is 5.53. The maximum atomic E-state index is 5.56. The van der Waals surface area contributed by atoms with E-state index in [1.165, 1.54) is 24.8 Å². The summed E-state index contributed by atoms with van der Waals surface area (Å²) in [4.78, 5) is 5.15. The van der Waals surface area contributed by atoms with Crippen LogP contribution in [0.5, 0.6) is 11.5 Å². The van der Waals surface area contributed by atoms with Crippen molar-refractivity contribution in [3.8, 4) is 11.5 Å². The van der Waals surface area contributed by atoms with Gasteiger partial charge in [-0.1, -0.05) is 12.8 Å². The number of methoxy groups -OCH3 is 2. The molecule has 1 saturated carbocycles. The molecule has 0 amide bonds. The van der Waals surface area contributed by atoms with Crippen LogP contribution in [0, 0.1) is 6.92 Å². The van der Waals surface area contributed by atoms with Gasteiger partial charge < -0.3 is 9.47 Å². The molecule has 2 atom stereocenters. The van der Waals surface area contributed by atoms with E-state index < -0.39 is 0 Å². The fourth-order valence-corrected chi connectivity index (χ4v) is 4.15. The van der Waals surface area contributed by atoms with Gasteiger partial charge >= 0.3 is 0 Å². The molecule has 5 heteroatoms. The summed E-state index contributed by atoms with van der Waals surface area (Å²) in [5.74, 6) is 2.01. The topological polar surface area (TPSA) is 48.6 Å². The maximum absolute atomic E-state index is 5.56. The van der Waals surface area contributed by atoms with Gasteiger partial charge in [0, 0.05) is 24.2 Å². The summed E-state index contributed by atoms with van der Waals surface area (Å²) in [6.45, 7) is 2.07. The number of benzene rings is 1. The zero-order chi connectivity index (χ0) is 17.6. The molecule has 1 aliphatic heterocycles. The molecule has 0 unspecified atom stereocenters. The zero-order valence-electron chi connectivity index (χ0n) is 15.4. The minimum atomic E-state index is 0.344. The Kier molecular flexibility index (Phi) is 4.02. The van der Waals surface area contributed by atoms with Crippen molar-refractivity contribution in [3.63, 3.8) is 0 Å². The van der Waals surface area contributed by atoms with Crippen LogP contribution in [-0.4, -0.2) is 35.8 Å². The Balaban J connectivity index is 1.91. The first kappa shape index (κ1) is 16.2. The van der Waals surface area contributed by atoms with Crippen LogP contribution in [0.4, 0.5) is 0 Å². The summed E-state index contributed by atoms with van der Waals surface area (Å²) < 4.78 is 13.0. The highest BCUT2D eigenvalue weighted by molar-refractivity contribution is 6.14. The summed E-state index contributed by atoms with van der Waals surface area (Å²) in [7, 11) is 5.35. The Bertz CT molecular complexity index is 818. The van der Waals surface area contributed by atoms with Gasteiger partial charge in [0.05, 0.1) is 26.0 Å². The van der Waals surface area contributed by atoms with Crippen molar-refractivity contribution in [1.82, 2.24) is 9.78 Å². The smallest absolute Gasteiger partial charge is 0.161 e. The first-order valence-corrected chi connectivity index (χ1v) is 8.97. The second-order valence-electron chi connectivity index (χ2n) is 7.03. The monoisotopic (exact) mass is 339 g/mol. The molecule has 5 nitrogen and oxygen atoms in total. The molecule has 0 spiro atoms. The van der Waals surface area contributed by atoms with Crippen molar-refractivity contribution in [3.05, 3.63) is 40.7 Å². The Morgan fingerprint density at radius 3 is 2.44 bits per heavy atom. The van der Waals surface area contributed by atoms with Gasteiger partial charge in [-0.05, 0) is 43.5 Å². The van der Waals surface area contributed by atoms with Gasteiger partial charge in [-0.25, -0.2) is 0 Å². The fraction of sp³-hybridized carbons (Fsp3) is 0.500. The normalized spacial score (nSPS) is 22.0. The second-order valence-corrected chi connectivity index (χ2v) is 7.03. The van der Waals surface area contributed by atoms with Crippen LogP contribution in [-0.2, 0) is 7.05 Å². The predicted octanol–water partition coefficient (Wildman–Crippen LogP) is 3.62. The molecule has 1 fully saturated rings. The van der Waals surface area contributed by atoms with Crippen molar-refractivity contribution in [2.75, 3.05) is 14.2 Å². The average molecular weight is 339 g/mol. The standard InChI is InChI=1S/C20H25N3O2/c1-12-9-17(22-23(12)2)20-15-11-19(25-4)18(24-3)10-14(15)13-7-5-6-8-16(13)21-20/h9-11,13,16H,5-8H2,1-4H3/t13-,16-/m1/s1. The molecule has 132 valence electrons. The van der Waals surface area contributed by atoms with Gasteiger partial charge in [0.25, 0.3) is 0 Å². The number of rotatable bonds is 3. The third-order valence-electron chi connectivity index (χ3n) is 5.59. The van der Waals surface area contributed by atoms with E-state index in [0.29, 0.717) is 12.0 Å². The minimum Gasteiger partial charge on any atom is -0.493 e. The lowest BCUT2D eigenvalue weighted by Gasteiger charge is -2.35. The summed E-state index contributed by atoms with van der Waals surface area (Å²) in [5, 5.41) is 4.68. The Hall–Kier alpha value is -2.30. The summed E-state index contributed by atoms with van der Waals surface area (Å²) >= 11 is 0. The Morgan fingerprint density at radius 2 is 1.76 bits per heavy atom. The maximum Gasteiger partial charge on any atom is 0.161 e. The average Bonchev–Trinajstić information content (AvgIpc) is 2.98. The van der Waals surface area contributed by atoms with E-state index >= 15 is 0 Å². The van der Waals surface area contributed by atoms with E-state index in [2.05, 4.69) is 30.2 Å². The molecule has 0 bridgehead atoms. The number of aliphatic imine (C=N–C) groups is 1. The number of aromatic nitrogens is 2. The summed E-state index contributed by atoms with van der Waals surface area (Å²) in [6, 6.07) is 6.68. The largest absolute Gasteiger partial charge is 0.493 e. The van der Waals surface area contributed by atoms with Crippen molar-refractivity contribution in [2.24, 2.45) is 12.0 Å². The van der Waals surface area contributed by atoms with Gasteiger partial charge in [0.2, 0.25) is 0 Å². The SMILES string of the molecule is COc1cc2c(cc1OC)[C@H]1CCCC[C@H]1N=C2c1cc(C)n(C)n1. The fourth-order valence-electron chi connectivity index (χ4n) is 4.15. The Labute approximate surface area is 148 Å². The van der Waals surface area contributed by atoms with Gasteiger partial charge in [-0.15, -0.1) is 0 Å². The number of aryl methyl sites for hydroxylation is 2. The molecule has 1 aromatic heterocycles. The van der Waals surface area contributed by atoms with Crippen LogP contribution in [0.25, 0.3) is 0 Å². The quantitative estimate of drug-likeness (QED) is 0.858. The highest BCUT2D eigenvalue weighted by Gasteiger charge is 2.35. The molecule has 0 radical (unpaired) electrons. The van der Waals surface area contributed by atoms with Gasteiger partial charge in [0.1, 0.15) is 5.69 Å². The van der Waals surface area contributed by atoms with Crippen molar-refractivity contribution in [1.29, 1.82) is 0 Å². The first-order valence-electron chi connectivity index (χ1n) is 8.97. The van der Waals surface area contributed by atoms with Crippen LogP contribution in [0.3, 0.4) is 0 Å². The first-order chi connectivity index (χ1) is 12.1. The molecule has 0 saturated heterocycles. The van der Waals surface area contributed by atoms with E-state index in [-0.39, 0.29) is 0 Å². The molecule has 0 N–H and O–H groups in total. The van der Waals surface area contributed by atoms with E-state index in [1.54, 1.807) is 14.2 Å². The van der Waals surface area contributed by atoms with Crippen LogP contribution >= 0.6 is 0 Å². The number of hydrogen-bond donors (Lipinski definition) is 0. The highest BCUT2D eigenvalue weighted by atomic mass is 16.5. The molecule has 1 aromatic carbocycles. The van der Waals surface area contributed by atoms with E-state index in [9.17, 15) is 0 Å². The molecule has 2 aromatic rings. The van der Waals surface area contributed by atoms with Crippen molar-refractivity contribution >= 4 is 5.71 Å². The van der Waals surface area contributed by atoms with E-state index in [4.69, 9.17) is 14.5 Å². The van der Waals surface area contributed by atoms with Crippen molar-refractivity contribution < 1.29 is 9.47 Å². The third kappa shape index (κ3) is 2.62. The predicted molar refractivity (Wildman–Crippen MR) is 98.1 cm³/mol. The molecule has 2 heterocycles. The molecule has 2 aliphatic rings. The van der Waals surface area contributed by atoms with Crippen LogP contribution in [0.15, 0.2) is 23.2 Å². The van der Waals surface area contributed by atoms with Crippen molar-refractivity contribution in [2.45, 2.75) is 44.6 Å². The van der Waals surface area contributed by atoms with Gasteiger partial charge in [0.15, 0.2) is 11.5 Å². The van der Waals surface area contributed by atoms with Gasteiger partial charge in [-0.2, -0.15) is 5.10 Å². The molecule has 1 aliphatic carbocycles. The van der Waals surface area contributed by atoms with Crippen LogP contribution in [0.2, 0.25) is 0 Å². The lowest BCUT2D eigenvalue weighted by atomic mass is 9.75. The molecule has 25 heavy (non-hydrogen) atoms. The minimum absolute atomic E-state index is 0.344. The molecule has 4 rings (SSSR count). The van der Waals surface area contributed by atoms with Gasteiger partial charge in [-0.3, -0.25) is 9.67 Å².